The lowest BCUT2D eigenvalue weighted by Gasteiger charge is -2.23. The number of halogens is 2. The largest absolute Gasteiger partial charge is 0.493 e. The van der Waals surface area contributed by atoms with E-state index in [9.17, 15) is 0 Å². The number of rotatable bonds is 8. The van der Waals surface area contributed by atoms with E-state index in [0.29, 0.717) is 18.0 Å². The number of ether oxygens (including phenoxy) is 2. The Kier molecular flexibility index (Phi) is 11.9. The summed E-state index contributed by atoms with van der Waals surface area (Å²) in [5.41, 5.74) is 1.04. The Morgan fingerprint density at radius 3 is 2.44 bits per heavy atom. The SMILES string of the molecule is CCNC(=NCc1cc(Br)c(OC)c(OC)c1)NCC(C)(C)SC.I. The maximum absolute atomic E-state index is 5.38. The van der Waals surface area contributed by atoms with E-state index in [0.717, 1.165) is 29.1 Å². The van der Waals surface area contributed by atoms with E-state index in [4.69, 9.17) is 9.47 Å². The molecule has 0 radical (unpaired) electrons. The highest BCUT2D eigenvalue weighted by molar-refractivity contribution is 14.0. The molecule has 1 rings (SSSR count). The van der Waals surface area contributed by atoms with Crippen LogP contribution < -0.4 is 20.1 Å². The fraction of sp³-hybridized carbons (Fsp3) is 0.588. The van der Waals surface area contributed by atoms with Gasteiger partial charge in [0, 0.05) is 17.8 Å². The molecule has 0 amide bonds. The molecule has 0 aliphatic carbocycles. The zero-order chi connectivity index (χ0) is 18.2. The topological polar surface area (TPSA) is 54.9 Å². The number of methoxy groups -OCH3 is 2. The van der Waals surface area contributed by atoms with Crippen LogP contribution in [-0.4, -0.2) is 44.3 Å². The molecule has 0 unspecified atom stereocenters. The average Bonchev–Trinajstić information content (AvgIpc) is 2.56. The van der Waals surface area contributed by atoms with E-state index < -0.39 is 0 Å². The molecule has 0 saturated heterocycles. The highest BCUT2D eigenvalue weighted by atomic mass is 127. The average molecular weight is 546 g/mol. The fourth-order valence-electron chi connectivity index (χ4n) is 1.94. The summed E-state index contributed by atoms with van der Waals surface area (Å²) in [4.78, 5) is 4.66. The molecule has 8 heteroatoms. The molecule has 0 fully saturated rings. The van der Waals surface area contributed by atoms with Gasteiger partial charge < -0.3 is 20.1 Å². The van der Waals surface area contributed by atoms with Crippen molar-refractivity contribution in [2.45, 2.75) is 32.1 Å². The Labute approximate surface area is 181 Å². The zero-order valence-corrected chi connectivity index (χ0v) is 20.5. The van der Waals surface area contributed by atoms with Crippen molar-refractivity contribution in [3.05, 3.63) is 22.2 Å². The molecule has 2 N–H and O–H groups in total. The van der Waals surface area contributed by atoms with Crippen molar-refractivity contribution in [3.8, 4) is 11.5 Å². The second-order valence-corrected chi connectivity index (χ2v) is 8.19. The van der Waals surface area contributed by atoms with Gasteiger partial charge >= 0.3 is 0 Å². The predicted molar refractivity (Wildman–Crippen MR) is 123 cm³/mol. The Hall–Kier alpha value is -0.350. The molecule has 0 aliphatic rings. The third kappa shape index (κ3) is 8.25. The van der Waals surface area contributed by atoms with Gasteiger partial charge in [0.05, 0.1) is 25.2 Å². The Balaban J connectivity index is 0.00000576. The van der Waals surface area contributed by atoms with Gasteiger partial charge in [-0.25, -0.2) is 4.99 Å². The Morgan fingerprint density at radius 2 is 1.92 bits per heavy atom. The lowest BCUT2D eigenvalue weighted by atomic mass is 10.2. The van der Waals surface area contributed by atoms with Crippen molar-refractivity contribution in [2.75, 3.05) is 33.6 Å². The van der Waals surface area contributed by atoms with E-state index in [1.165, 1.54) is 0 Å². The van der Waals surface area contributed by atoms with E-state index in [2.05, 4.69) is 58.6 Å². The highest BCUT2D eigenvalue weighted by Crippen LogP contribution is 2.36. The van der Waals surface area contributed by atoms with Crippen LogP contribution in [0.15, 0.2) is 21.6 Å². The zero-order valence-electron chi connectivity index (χ0n) is 15.7. The summed E-state index contributed by atoms with van der Waals surface area (Å²) >= 11 is 5.35. The smallest absolute Gasteiger partial charge is 0.191 e. The van der Waals surface area contributed by atoms with Crippen molar-refractivity contribution in [1.82, 2.24) is 10.6 Å². The maximum Gasteiger partial charge on any atom is 0.191 e. The van der Waals surface area contributed by atoms with Crippen molar-refractivity contribution < 1.29 is 9.47 Å². The second kappa shape index (κ2) is 12.1. The molecule has 144 valence electrons. The number of benzene rings is 1. The van der Waals surface area contributed by atoms with Gasteiger partial charge in [0.25, 0.3) is 0 Å². The first-order valence-electron chi connectivity index (χ1n) is 7.84. The monoisotopic (exact) mass is 545 g/mol. The number of nitrogens with zero attached hydrogens (tertiary/aromatic N) is 1. The molecule has 1 aromatic carbocycles. The van der Waals surface area contributed by atoms with E-state index in [1.807, 2.05) is 23.9 Å². The van der Waals surface area contributed by atoms with Crippen LogP contribution in [0.2, 0.25) is 0 Å². The van der Waals surface area contributed by atoms with Gasteiger partial charge in [-0.15, -0.1) is 24.0 Å². The van der Waals surface area contributed by atoms with Crippen LogP contribution in [-0.2, 0) is 6.54 Å². The Morgan fingerprint density at radius 1 is 1.24 bits per heavy atom. The molecule has 25 heavy (non-hydrogen) atoms. The lowest BCUT2D eigenvalue weighted by molar-refractivity contribution is 0.352. The molecule has 0 bridgehead atoms. The van der Waals surface area contributed by atoms with Gasteiger partial charge in [-0.05, 0) is 60.7 Å². The quantitative estimate of drug-likeness (QED) is 0.290. The van der Waals surface area contributed by atoms with Crippen LogP contribution in [0, 0.1) is 0 Å². The number of hydrogen-bond acceptors (Lipinski definition) is 4. The molecule has 0 aliphatic heterocycles. The molecule has 0 atom stereocenters. The second-order valence-electron chi connectivity index (χ2n) is 5.83. The van der Waals surface area contributed by atoms with E-state index in [-0.39, 0.29) is 28.7 Å². The first kappa shape index (κ1) is 24.7. The van der Waals surface area contributed by atoms with Crippen LogP contribution >= 0.6 is 51.7 Å². The molecule has 0 aromatic heterocycles. The van der Waals surface area contributed by atoms with Gasteiger partial charge in [-0.3, -0.25) is 0 Å². The number of aliphatic imine (C=N–C) groups is 1. The molecular weight excluding hydrogens is 517 g/mol. The van der Waals surface area contributed by atoms with Gasteiger partial charge in [-0.2, -0.15) is 11.8 Å². The van der Waals surface area contributed by atoms with Crippen molar-refractivity contribution >= 4 is 57.6 Å². The predicted octanol–water partition coefficient (Wildman–Crippen LogP) is 4.28. The highest BCUT2D eigenvalue weighted by Gasteiger charge is 2.16. The van der Waals surface area contributed by atoms with Gasteiger partial charge in [0.15, 0.2) is 17.5 Å². The summed E-state index contributed by atoms with van der Waals surface area (Å²) in [7, 11) is 3.26. The first-order chi connectivity index (χ1) is 11.4. The van der Waals surface area contributed by atoms with Crippen molar-refractivity contribution in [2.24, 2.45) is 4.99 Å². The van der Waals surface area contributed by atoms with Crippen molar-refractivity contribution in [3.63, 3.8) is 0 Å². The van der Waals surface area contributed by atoms with Crippen LogP contribution in [0.4, 0.5) is 0 Å². The van der Waals surface area contributed by atoms with Crippen LogP contribution in [0.25, 0.3) is 0 Å². The normalized spacial score (nSPS) is 11.6. The summed E-state index contributed by atoms with van der Waals surface area (Å²) in [6.45, 7) is 8.69. The van der Waals surface area contributed by atoms with Gasteiger partial charge in [0.1, 0.15) is 0 Å². The summed E-state index contributed by atoms with van der Waals surface area (Å²) in [5, 5.41) is 6.68. The van der Waals surface area contributed by atoms with Gasteiger partial charge in [0.2, 0.25) is 0 Å². The standard InChI is InChI=1S/C17H28BrN3O2S.HI/c1-7-19-16(21-11-17(2,3)24-6)20-10-12-8-13(18)15(23-5)14(9-12)22-4;/h8-9H,7,10-11H2,1-6H3,(H2,19,20,21);1H. The Bertz CT molecular complexity index is 571. The lowest BCUT2D eigenvalue weighted by Crippen LogP contribution is -2.43. The number of hydrogen-bond donors (Lipinski definition) is 2. The van der Waals surface area contributed by atoms with Crippen LogP contribution in [0.3, 0.4) is 0 Å². The summed E-state index contributed by atoms with van der Waals surface area (Å²) in [6.07, 6.45) is 2.12. The summed E-state index contributed by atoms with van der Waals surface area (Å²) in [5.74, 6) is 2.20. The molecule has 0 heterocycles. The number of nitrogens with one attached hydrogen (secondary N) is 2. The molecule has 0 saturated carbocycles. The van der Waals surface area contributed by atoms with E-state index >= 15 is 0 Å². The minimum Gasteiger partial charge on any atom is -0.493 e. The molecular formula is C17H29BrIN3O2S. The fourth-order valence-corrected chi connectivity index (χ4v) is 2.81. The maximum atomic E-state index is 5.38. The minimum absolute atomic E-state index is 0. The summed E-state index contributed by atoms with van der Waals surface area (Å²) < 4.78 is 11.7. The molecule has 0 spiro atoms. The summed E-state index contributed by atoms with van der Waals surface area (Å²) in [6, 6.07) is 3.95. The first-order valence-corrected chi connectivity index (χ1v) is 9.86. The number of guanidine groups is 1. The minimum atomic E-state index is 0. The van der Waals surface area contributed by atoms with Gasteiger partial charge in [-0.1, -0.05) is 0 Å². The van der Waals surface area contributed by atoms with Crippen LogP contribution in [0.1, 0.15) is 26.3 Å². The van der Waals surface area contributed by atoms with Crippen molar-refractivity contribution in [1.29, 1.82) is 0 Å². The van der Waals surface area contributed by atoms with E-state index in [1.54, 1.807) is 14.2 Å². The van der Waals surface area contributed by atoms with Crippen LogP contribution in [0.5, 0.6) is 11.5 Å². The molecule has 1 aromatic rings. The molecule has 5 nitrogen and oxygen atoms in total. The number of thioether (sulfide) groups is 1. The third-order valence-corrected chi connectivity index (χ3v) is 5.33. The third-order valence-electron chi connectivity index (χ3n) is 3.49.